The van der Waals surface area contributed by atoms with E-state index in [0.717, 1.165) is 19.4 Å². The second-order valence-electron chi connectivity index (χ2n) is 5.84. The number of nitrogens with zero attached hydrogens (tertiary/aromatic N) is 4. The molecule has 3 heterocycles. The van der Waals surface area contributed by atoms with Crippen molar-refractivity contribution in [2.24, 2.45) is 11.7 Å². The predicted molar refractivity (Wildman–Crippen MR) is 98.1 cm³/mol. The zero-order valence-corrected chi connectivity index (χ0v) is 15.2. The van der Waals surface area contributed by atoms with Crippen molar-refractivity contribution in [3.63, 3.8) is 0 Å². The van der Waals surface area contributed by atoms with Gasteiger partial charge < -0.3 is 10.6 Å². The largest absolute Gasteiger partial charge is 0.337 e. The molecule has 1 saturated heterocycles. The minimum Gasteiger partial charge on any atom is -0.337 e. The van der Waals surface area contributed by atoms with Gasteiger partial charge in [-0.1, -0.05) is 6.07 Å². The van der Waals surface area contributed by atoms with Crippen molar-refractivity contribution in [1.82, 2.24) is 19.7 Å². The van der Waals surface area contributed by atoms with Crippen molar-refractivity contribution in [2.75, 3.05) is 13.1 Å². The fourth-order valence-corrected chi connectivity index (χ4v) is 2.86. The summed E-state index contributed by atoms with van der Waals surface area (Å²) in [5.41, 5.74) is 6.45. The molecule has 2 aromatic heterocycles. The van der Waals surface area contributed by atoms with Crippen molar-refractivity contribution < 1.29 is 4.79 Å². The zero-order valence-electron chi connectivity index (χ0n) is 13.5. The molecule has 0 radical (unpaired) electrons. The van der Waals surface area contributed by atoms with Crippen molar-refractivity contribution >= 4 is 30.7 Å². The molecule has 24 heavy (non-hydrogen) atoms. The highest BCUT2D eigenvalue weighted by Crippen LogP contribution is 2.20. The summed E-state index contributed by atoms with van der Waals surface area (Å²) in [6.07, 6.45) is 5.58. The van der Waals surface area contributed by atoms with Crippen LogP contribution in [0.25, 0.3) is 5.82 Å². The Balaban J connectivity index is 0.00000144. The van der Waals surface area contributed by atoms with E-state index in [9.17, 15) is 4.79 Å². The van der Waals surface area contributed by atoms with Gasteiger partial charge in [0.05, 0.1) is 0 Å². The first kappa shape index (κ1) is 20.4. The van der Waals surface area contributed by atoms with E-state index >= 15 is 0 Å². The number of nitrogens with two attached hydrogens (primary N) is 1. The first-order chi connectivity index (χ1) is 10.6. The average molecular weight is 372 g/mol. The van der Waals surface area contributed by atoms with Gasteiger partial charge in [0.15, 0.2) is 5.82 Å². The van der Waals surface area contributed by atoms with Gasteiger partial charge in [-0.25, -0.2) is 9.67 Å². The van der Waals surface area contributed by atoms with Crippen LogP contribution >= 0.6 is 24.8 Å². The van der Waals surface area contributed by atoms with E-state index in [1.165, 1.54) is 0 Å². The van der Waals surface area contributed by atoms with Crippen LogP contribution in [-0.2, 0) is 0 Å². The quantitative estimate of drug-likeness (QED) is 0.897. The van der Waals surface area contributed by atoms with E-state index in [2.05, 4.69) is 10.1 Å². The molecular weight excluding hydrogens is 349 g/mol. The Morgan fingerprint density at radius 2 is 2.12 bits per heavy atom. The Morgan fingerprint density at radius 1 is 1.33 bits per heavy atom. The van der Waals surface area contributed by atoms with Crippen molar-refractivity contribution in [2.45, 2.75) is 25.8 Å². The van der Waals surface area contributed by atoms with Crippen molar-refractivity contribution in [3.05, 3.63) is 42.4 Å². The van der Waals surface area contributed by atoms with Gasteiger partial charge in [0, 0.05) is 31.5 Å². The van der Waals surface area contributed by atoms with Gasteiger partial charge >= 0.3 is 0 Å². The number of piperidine rings is 1. The van der Waals surface area contributed by atoms with E-state index in [0.29, 0.717) is 24.0 Å². The van der Waals surface area contributed by atoms with Gasteiger partial charge in [-0.05, 0) is 43.9 Å². The highest BCUT2D eigenvalue weighted by atomic mass is 35.5. The number of carbonyl (C=O) groups excluding carboxylic acids is 1. The Labute approximate surface area is 154 Å². The number of carbonyl (C=O) groups is 1. The minimum absolute atomic E-state index is 0. The summed E-state index contributed by atoms with van der Waals surface area (Å²) in [5.74, 6) is 0.989. The van der Waals surface area contributed by atoms with Gasteiger partial charge in [-0.2, -0.15) is 5.10 Å². The van der Waals surface area contributed by atoms with Gasteiger partial charge in [0.2, 0.25) is 0 Å². The lowest BCUT2D eigenvalue weighted by Gasteiger charge is -2.34. The van der Waals surface area contributed by atoms with Gasteiger partial charge in [-0.3, -0.25) is 4.79 Å². The molecule has 0 bridgehead atoms. The number of likely N-dealkylation sites (tertiary alicyclic amines) is 1. The molecule has 2 unspecified atom stereocenters. The number of aromatic nitrogens is 3. The summed E-state index contributed by atoms with van der Waals surface area (Å²) in [6, 6.07) is 7.37. The van der Waals surface area contributed by atoms with Crippen LogP contribution < -0.4 is 5.73 Å². The molecule has 2 atom stereocenters. The van der Waals surface area contributed by atoms with Crippen LogP contribution in [0.3, 0.4) is 0 Å². The van der Waals surface area contributed by atoms with E-state index in [-0.39, 0.29) is 36.8 Å². The number of pyridine rings is 1. The maximum atomic E-state index is 12.7. The third-order valence-electron chi connectivity index (χ3n) is 4.18. The molecule has 0 saturated carbocycles. The summed E-state index contributed by atoms with van der Waals surface area (Å²) in [4.78, 5) is 19.0. The number of rotatable bonds is 3. The zero-order chi connectivity index (χ0) is 15.5. The molecule has 1 aliphatic rings. The summed E-state index contributed by atoms with van der Waals surface area (Å²) < 4.78 is 1.65. The van der Waals surface area contributed by atoms with Crippen LogP contribution in [0.1, 0.15) is 30.3 Å². The van der Waals surface area contributed by atoms with Gasteiger partial charge in [0.25, 0.3) is 5.91 Å². The summed E-state index contributed by atoms with van der Waals surface area (Å²) in [6.45, 7) is 3.50. The number of hydrogen-bond donors (Lipinski definition) is 1. The van der Waals surface area contributed by atoms with Crippen LogP contribution in [0.4, 0.5) is 0 Å². The monoisotopic (exact) mass is 371 g/mol. The lowest BCUT2D eigenvalue weighted by Crippen LogP contribution is -2.45. The first-order valence-electron chi connectivity index (χ1n) is 7.67. The van der Waals surface area contributed by atoms with Crippen LogP contribution in [0.15, 0.2) is 36.7 Å². The Hall–Kier alpha value is -1.63. The second kappa shape index (κ2) is 9.01. The van der Waals surface area contributed by atoms with Crippen molar-refractivity contribution in [3.8, 4) is 5.82 Å². The topological polar surface area (TPSA) is 77.0 Å². The molecule has 0 aliphatic carbocycles. The fraction of sp³-hybridized carbons (Fsp3) is 0.438. The molecule has 0 aromatic carbocycles. The van der Waals surface area contributed by atoms with Gasteiger partial charge in [-0.15, -0.1) is 24.8 Å². The second-order valence-corrected chi connectivity index (χ2v) is 5.84. The van der Waals surface area contributed by atoms with E-state index in [1.54, 1.807) is 16.9 Å². The average Bonchev–Trinajstić information content (AvgIpc) is 3.09. The SMILES string of the molecule is CC(N)C1CCCN(C(=O)c2cccc(-n3cccn3)n2)C1.Cl.Cl. The lowest BCUT2D eigenvalue weighted by atomic mass is 9.92. The van der Waals surface area contributed by atoms with Crippen LogP contribution in [0, 0.1) is 5.92 Å². The standard InChI is InChI=1S/C16H21N5O.2ClH/c1-12(17)13-5-3-9-20(11-13)16(22)14-6-2-7-15(19-14)21-10-4-8-18-21;;/h2,4,6-8,10,12-13H,3,5,9,11,17H2,1H3;2*1H. The molecule has 0 spiro atoms. The van der Waals surface area contributed by atoms with E-state index in [1.807, 2.05) is 36.2 Å². The molecule has 1 aliphatic heterocycles. The highest BCUT2D eigenvalue weighted by molar-refractivity contribution is 5.92. The van der Waals surface area contributed by atoms with Gasteiger partial charge in [0.1, 0.15) is 5.69 Å². The lowest BCUT2D eigenvalue weighted by molar-refractivity contribution is 0.0655. The fourth-order valence-electron chi connectivity index (χ4n) is 2.86. The van der Waals surface area contributed by atoms with E-state index < -0.39 is 0 Å². The van der Waals surface area contributed by atoms with E-state index in [4.69, 9.17) is 5.73 Å². The molecule has 1 fully saturated rings. The normalized spacial score (nSPS) is 18.2. The number of hydrogen-bond acceptors (Lipinski definition) is 4. The first-order valence-corrected chi connectivity index (χ1v) is 7.67. The molecule has 1 amide bonds. The van der Waals surface area contributed by atoms with Crippen molar-refractivity contribution in [1.29, 1.82) is 0 Å². The summed E-state index contributed by atoms with van der Waals surface area (Å²) in [7, 11) is 0. The number of amides is 1. The van der Waals surface area contributed by atoms with Crippen LogP contribution in [0.2, 0.25) is 0 Å². The smallest absolute Gasteiger partial charge is 0.272 e. The Bertz CT molecular complexity index is 648. The Kier molecular flexibility index (Phi) is 7.66. The minimum atomic E-state index is -0.0284. The third kappa shape index (κ3) is 4.47. The highest BCUT2D eigenvalue weighted by Gasteiger charge is 2.27. The summed E-state index contributed by atoms with van der Waals surface area (Å²) >= 11 is 0. The molecule has 8 heteroatoms. The predicted octanol–water partition coefficient (Wildman–Crippen LogP) is 2.31. The summed E-state index contributed by atoms with van der Waals surface area (Å²) in [5, 5.41) is 4.15. The maximum absolute atomic E-state index is 12.7. The van der Waals surface area contributed by atoms with Crippen LogP contribution in [-0.4, -0.2) is 44.7 Å². The Morgan fingerprint density at radius 3 is 2.79 bits per heavy atom. The molecule has 2 aromatic rings. The molecule has 132 valence electrons. The maximum Gasteiger partial charge on any atom is 0.272 e. The van der Waals surface area contributed by atoms with Crippen LogP contribution in [0.5, 0.6) is 0 Å². The molecular formula is C16H23Cl2N5O. The molecule has 2 N–H and O–H groups in total. The third-order valence-corrected chi connectivity index (χ3v) is 4.18. The number of halogens is 2. The molecule has 3 rings (SSSR count). The molecule has 6 nitrogen and oxygen atoms in total.